The number of rotatable bonds is 3. The molecule has 2 amide bonds. The third kappa shape index (κ3) is 1.62. The van der Waals surface area contributed by atoms with Gasteiger partial charge < -0.3 is 5.11 Å². The lowest BCUT2D eigenvalue weighted by Gasteiger charge is -2.35. The number of carboxylic acid groups (broad SMARTS) is 1. The number of carbonyl (C=O) groups excluding carboxylic acids is 2. The molecule has 2 aliphatic rings. The number of aliphatic carboxylic acids is 1. The molecule has 0 bridgehead atoms. The first-order valence-corrected chi connectivity index (χ1v) is 5.33. The fourth-order valence-corrected chi connectivity index (χ4v) is 2.66. The number of imide groups is 1. The number of amides is 2. The lowest BCUT2D eigenvalue weighted by Crippen LogP contribution is -2.51. The van der Waals surface area contributed by atoms with E-state index in [-0.39, 0.29) is 18.2 Å². The van der Waals surface area contributed by atoms with Crippen molar-refractivity contribution in [3.05, 3.63) is 12.2 Å². The molecule has 0 saturated heterocycles. The highest BCUT2D eigenvalue weighted by molar-refractivity contribution is 6.13. The first-order chi connectivity index (χ1) is 7.55. The highest BCUT2D eigenvalue weighted by Crippen LogP contribution is 2.39. The van der Waals surface area contributed by atoms with Crippen LogP contribution in [0, 0.1) is 0 Å². The second-order valence-corrected chi connectivity index (χ2v) is 4.35. The molecule has 86 valence electrons. The van der Waals surface area contributed by atoms with Crippen molar-refractivity contribution >= 4 is 17.8 Å². The molecule has 1 heterocycles. The van der Waals surface area contributed by atoms with Crippen LogP contribution in [0.3, 0.4) is 0 Å². The van der Waals surface area contributed by atoms with E-state index in [1.54, 1.807) is 0 Å². The van der Waals surface area contributed by atoms with Crippen LogP contribution < -0.4 is 0 Å². The summed E-state index contributed by atoms with van der Waals surface area (Å²) in [4.78, 5) is 35.2. The molecule has 0 aromatic heterocycles. The Labute approximate surface area is 92.7 Å². The fraction of sp³-hybridized carbons (Fsp3) is 0.545. The zero-order valence-electron chi connectivity index (χ0n) is 8.81. The first kappa shape index (κ1) is 10.9. The number of carbonyl (C=O) groups is 3. The van der Waals surface area contributed by atoms with Crippen LogP contribution in [-0.2, 0) is 14.4 Å². The number of carboxylic acids is 1. The molecule has 0 spiro atoms. The SMILES string of the molecule is O=C(O)CC1(N2C(=O)C=CC2=O)CCCC1. The van der Waals surface area contributed by atoms with Crippen molar-refractivity contribution in [3.63, 3.8) is 0 Å². The van der Waals surface area contributed by atoms with Crippen molar-refractivity contribution in [2.24, 2.45) is 0 Å². The van der Waals surface area contributed by atoms with Gasteiger partial charge in [-0.3, -0.25) is 19.3 Å². The van der Waals surface area contributed by atoms with E-state index < -0.39 is 11.5 Å². The molecule has 2 rings (SSSR count). The third-order valence-corrected chi connectivity index (χ3v) is 3.30. The standard InChI is InChI=1S/C11H13NO4/c13-8-3-4-9(14)12(8)11(7-10(15)16)5-1-2-6-11/h3-4H,1-2,5-7H2,(H,15,16). The quantitative estimate of drug-likeness (QED) is 0.714. The Morgan fingerprint density at radius 1 is 1.25 bits per heavy atom. The predicted octanol–water partition coefficient (Wildman–Crippen LogP) is 0.699. The van der Waals surface area contributed by atoms with Crippen LogP contribution >= 0.6 is 0 Å². The van der Waals surface area contributed by atoms with Gasteiger partial charge >= 0.3 is 5.97 Å². The Morgan fingerprint density at radius 3 is 2.19 bits per heavy atom. The van der Waals surface area contributed by atoms with E-state index in [1.165, 1.54) is 12.2 Å². The summed E-state index contributed by atoms with van der Waals surface area (Å²) in [6.45, 7) is 0. The average molecular weight is 223 g/mol. The molecule has 16 heavy (non-hydrogen) atoms. The Morgan fingerprint density at radius 2 is 1.75 bits per heavy atom. The van der Waals surface area contributed by atoms with Crippen molar-refractivity contribution in [1.82, 2.24) is 4.90 Å². The summed E-state index contributed by atoms with van der Waals surface area (Å²) < 4.78 is 0. The predicted molar refractivity (Wildman–Crippen MR) is 54.4 cm³/mol. The Kier molecular flexibility index (Phi) is 2.53. The molecule has 0 aromatic rings. The molecule has 1 fully saturated rings. The minimum Gasteiger partial charge on any atom is -0.481 e. The molecule has 5 heteroatoms. The van der Waals surface area contributed by atoms with E-state index in [0.717, 1.165) is 17.7 Å². The zero-order chi connectivity index (χ0) is 11.8. The lowest BCUT2D eigenvalue weighted by atomic mass is 9.91. The second kappa shape index (κ2) is 3.73. The number of hydrogen-bond acceptors (Lipinski definition) is 3. The second-order valence-electron chi connectivity index (χ2n) is 4.35. The van der Waals surface area contributed by atoms with Crippen molar-refractivity contribution in [3.8, 4) is 0 Å². The summed E-state index contributed by atoms with van der Waals surface area (Å²) in [5, 5.41) is 8.90. The summed E-state index contributed by atoms with van der Waals surface area (Å²) in [5.41, 5.74) is -0.788. The Hall–Kier alpha value is -1.65. The van der Waals surface area contributed by atoms with E-state index in [2.05, 4.69) is 0 Å². The molecule has 1 aliphatic carbocycles. The van der Waals surface area contributed by atoms with Gasteiger partial charge in [-0.15, -0.1) is 0 Å². The van der Waals surface area contributed by atoms with Crippen LogP contribution in [0.4, 0.5) is 0 Å². The maximum atomic E-state index is 11.6. The molecule has 0 radical (unpaired) electrons. The topological polar surface area (TPSA) is 74.7 Å². The van der Waals surface area contributed by atoms with Crippen LogP contribution in [-0.4, -0.2) is 33.3 Å². The van der Waals surface area contributed by atoms with Gasteiger partial charge in [-0.2, -0.15) is 0 Å². The van der Waals surface area contributed by atoms with Gasteiger partial charge in [-0.1, -0.05) is 12.8 Å². The van der Waals surface area contributed by atoms with E-state index in [4.69, 9.17) is 5.11 Å². The number of hydrogen-bond donors (Lipinski definition) is 1. The normalized spacial score (nSPS) is 23.1. The summed E-state index contributed by atoms with van der Waals surface area (Å²) in [6.07, 6.45) is 5.20. The van der Waals surface area contributed by atoms with Crippen molar-refractivity contribution in [2.45, 2.75) is 37.6 Å². The van der Waals surface area contributed by atoms with Crippen LogP contribution in [0.1, 0.15) is 32.1 Å². The molecule has 1 aliphatic heterocycles. The van der Waals surface area contributed by atoms with Gasteiger partial charge in [0.15, 0.2) is 0 Å². The monoisotopic (exact) mass is 223 g/mol. The lowest BCUT2D eigenvalue weighted by molar-refractivity contribution is -0.148. The van der Waals surface area contributed by atoms with Gasteiger partial charge in [-0.05, 0) is 12.8 Å². The fourth-order valence-electron chi connectivity index (χ4n) is 2.66. The molecular formula is C11H13NO4. The van der Waals surface area contributed by atoms with Gasteiger partial charge in [0.1, 0.15) is 0 Å². The highest BCUT2D eigenvalue weighted by Gasteiger charge is 2.47. The van der Waals surface area contributed by atoms with Crippen molar-refractivity contribution in [1.29, 1.82) is 0 Å². The van der Waals surface area contributed by atoms with Crippen LogP contribution in [0.15, 0.2) is 12.2 Å². The smallest absolute Gasteiger partial charge is 0.305 e. The van der Waals surface area contributed by atoms with Crippen molar-refractivity contribution in [2.75, 3.05) is 0 Å². The summed E-state index contributed by atoms with van der Waals surface area (Å²) in [5.74, 6) is -1.73. The summed E-state index contributed by atoms with van der Waals surface area (Å²) in [6, 6.07) is 0. The first-order valence-electron chi connectivity index (χ1n) is 5.33. The van der Waals surface area contributed by atoms with E-state index in [9.17, 15) is 14.4 Å². The Bertz CT molecular complexity index is 361. The van der Waals surface area contributed by atoms with E-state index >= 15 is 0 Å². The van der Waals surface area contributed by atoms with Crippen LogP contribution in [0.5, 0.6) is 0 Å². The molecule has 0 atom stereocenters. The van der Waals surface area contributed by atoms with Gasteiger partial charge in [-0.25, -0.2) is 0 Å². The molecular weight excluding hydrogens is 210 g/mol. The minimum absolute atomic E-state index is 0.147. The van der Waals surface area contributed by atoms with Gasteiger partial charge in [0.2, 0.25) is 0 Å². The van der Waals surface area contributed by atoms with Gasteiger partial charge in [0.25, 0.3) is 11.8 Å². The molecule has 1 N–H and O–H groups in total. The summed E-state index contributed by atoms with van der Waals surface area (Å²) in [7, 11) is 0. The molecule has 0 aromatic carbocycles. The van der Waals surface area contributed by atoms with Gasteiger partial charge in [0, 0.05) is 12.2 Å². The van der Waals surface area contributed by atoms with Crippen molar-refractivity contribution < 1.29 is 19.5 Å². The third-order valence-electron chi connectivity index (χ3n) is 3.30. The molecule has 5 nitrogen and oxygen atoms in total. The Balaban J connectivity index is 2.29. The minimum atomic E-state index is -0.964. The van der Waals surface area contributed by atoms with Crippen LogP contribution in [0.2, 0.25) is 0 Å². The average Bonchev–Trinajstić information content (AvgIpc) is 2.74. The van der Waals surface area contributed by atoms with Crippen LogP contribution in [0.25, 0.3) is 0 Å². The molecule has 0 unspecified atom stereocenters. The number of nitrogens with zero attached hydrogens (tertiary/aromatic N) is 1. The van der Waals surface area contributed by atoms with E-state index in [0.29, 0.717) is 12.8 Å². The largest absolute Gasteiger partial charge is 0.481 e. The molecule has 1 saturated carbocycles. The maximum absolute atomic E-state index is 11.6. The van der Waals surface area contributed by atoms with E-state index in [1.807, 2.05) is 0 Å². The summed E-state index contributed by atoms with van der Waals surface area (Å²) >= 11 is 0. The highest BCUT2D eigenvalue weighted by atomic mass is 16.4. The maximum Gasteiger partial charge on any atom is 0.305 e. The van der Waals surface area contributed by atoms with Gasteiger partial charge in [0.05, 0.1) is 12.0 Å². The zero-order valence-corrected chi connectivity index (χ0v) is 8.81.